The van der Waals surface area contributed by atoms with Crippen molar-refractivity contribution in [3.05, 3.63) is 34.3 Å². The number of rotatable bonds is 2. The van der Waals surface area contributed by atoms with Gasteiger partial charge < -0.3 is 11.1 Å². The van der Waals surface area contributed by atoms with E-state index in [1.165, 1.54) is 0 Å². The van der Waals surface area contributed by atoms with Crippen LogP contribution in [0.2, 0.25) is 0 Å². The average molecular weight is 270 g/mol. The first-order valence-corrected chi connectivity index (χ1v) is 5.61. The summed E-state index contributed by atoms with van der Waals surface area (Å²) < 4.78 is 29.9. The maximum absolute atomic E-state index is 13.5. The van der Waals surface area contributed by atoms with Gasteiger partial charge in [0, 0.05) is 6.07 Å². The third-order valence-electron chi connectivity index (χ3n) is 2.18. The maximum atomic E-state index is 13.5. The molecule has 0 fully saturated rings. The van der Waals surface area contributed by atoms with Crippen molar-refractivity contribution in [3.63, 3.8) is 0 Å². The molecule has 8 heteroatoms. The van der Waals surface area contributed by atoms with Crippen molar-refractivity contribution in [2.45, 2.75) is 6.92 Å². The summed E-state index contributed by atoms with van der Waals surface area (Å²) in [5, 5.41) is 5.93. The molecule has 0 atom stereocenters. The Morgan fingerprint density at radius 1 is 1.44 bits per heavy atom. The summed E-state index contributed by atoms with van der Waals surface area (Å²) >= 11 is 0.881. The van der Waals surface area contributed by atoms with E-state index in [9.17, 15) is 13.6 Å². The Hall–Kier alpha value is -2.09. The largest absolute Gasteiger partial charge is 0.397 e. The fraction of sp³-hybridized carbons (Fsp3) is 0.100. The first-order valence-electron chi connectivity index (χ1n) is 4.84. The molecule has 5 nitrogen and oxygen atoms in total. The molecule has 1 amide bonds. The van der Waals surface area contributed by atoms with Crippen molar-refractivity contribution in [1.29, 1.82) is 0 Å². The molecule has 1 aromatic carbocycles. The van der Waals surface area contributed by atoms with Gasteiger partial charge in [0.05, 0.1) is 11.4 Å². The van der Waals surface area contributed by atoms with Gasteiger partial charge >= 0.3 is 0 Å². The number of hydrogen-bond donors (Lipinski definition) is 2. The number of hydrogen-bond acceptors (Lipinski definition) is 5. The van der Waals surface area contributed by atoms with Crippen LogP contribution in [0.3, 0.4) is 0 Å². The Bertz CT molecular complexity index is 591. The number of amides is 1. The van der Waals surface area contributed by atoms with Gasteiger partial charge in [0.15, 0.2) is 5.82 Å². The molecule has 3 N–H and O–H groups in total. The van der Waals surface area contributed by atoms with E-state index in [4.69, 9.17) is 5.73 Å². The van der Waals surface area contributed by atoms with Gasteiger partial charge in [-0.2, -0.15) is 0 Å². The fourth-order valence-electron chi connectivity index (χ4n) is 1.34. The maximum Gasteiger partial charge on any atom is 0.269 e. The van der Waals surface area contributed by atoms with E-state index in [-0.39, 0.29) is 16.3 Å². The van der Waals surface area contributed by atoms with E-state index in [1.54, 1.807) is 6.92 Å². The van der Waals surface area contributed by atoms with Crippen molar-refractivity contribution in [1.82, 2.24) is 9.59 Å². The lowest BCUT2D eigenvalue weighted by atomic mass is 10.2. The van der Waals surface area contributed by atoms with Crippen molar-refractivity contribution < 1.29 is 13.6 Å². The first kappa shape index (κ1) is 12.4. The summed E-state index contributed by atoms with van der Waals surface area (Å²) in [4.78, 5) is 12.0. The van der Waals surface area contributed by atoms with Gasteiger partial charge in [0.1, 0.15) is 16.4 Å². The molecule has 2 rings (SSSR count). The molecule has 0 saturated carbocycles. The van der Waals surface area contributed by atoms with Crippen LogP contribution < -0.4 is 11.1 Å². The number of aromatic nitrogens is 2. The quantitative estimate of drug-likeness (QED) is 0.817. The second kappa shape index (κ2) is 4.65. The summed E-state index contributed by atoms with van der Waals surface area (Å²) in [5.74, 6) is -2.32. The van der Waals surface area contributed by atoms with E-state index in [0.29, 0.717) is 11.8 Å². The van der Waals surface area contributed by atoms with Gasteiger partial charge in [0.2, 0.25) is 0 Å². The molecule has 0 radical (unpaired) electrons. The molecule has 0 aliphatic rings. The molecule has 0 bridgehead atoms. The molecule has 0 aliphatic carbocycles. The van der Waals surface area contributed by atoms with Gasteiger partial charge in [-0.3, -0.25) is 4.79 Å². The Morgan fingerprint density at radius 2 is 2.17 bits per heavy atom. The molecule has 18 heavy (non-hydrogen) atoms. The molecular weight excluding hydrogens is 262 g/mol. The number of nitrogens with two attached hydrogens (primary N) is 1. The highest BCUT2D eigenvalue weighted by Crippen LogP contribution is 2.25. The summed E-state index contributed by atoms with van der Waals surface area (Å²) in [7, 11) is 0. The van der Waals surface area contributed by atoms with Gasteiger partial charge in [-0.05, 0) is 24.5 Å². The Morgan fingerprint density at radius 3 is 2.72 bits per heavy atom. The normalized spacial score (nSPS) is 10.4. The smallest absolute Gasteiger partial charge is 0.269 e. The average Bonchev–Trinajstić information content (AvgIpc) is 2.69. The van der Waals surface area contributed by atoms with Crippen LogP contribution in [-0.2, 0) is 0 Å². The fourth-order valence-corrected chi connectivity index (χ4v) is 1.89. The molecule has 0 aliphatic heterocycles. The first-order chi connectivity index (χ1) is 8.49. The van der Waals surface area contributed by atoms with Crippen LogP contribution in [0.25, 0.3) is 0 Å². The van der Waals surface area contributed by atoms with Gasteiger partial charge in [0.25, 0.3) is 5.91 Å². The standard InChI is InChI=1S/C10H8F2N4OS/c1-4-9(18-16-15-4)10(17)14-8-6(12)2-5(11)3-7(8)13/h2-3H,13H2,1H3,(H,14,17). The summed E-state index contributed by atoms with van der Waals surface area (Å²) in [6.07, 6.45) is 0. The Balaban J connectivity index is 2.31. The van der Waals surface area contributed by atoms with Crippen LogP contribution in [0, 0.1) is 18.6 Å². The van der Waals surface area contributed by atoms with Crippen molar-refractivity contribution >= 4 is 28.8 Å². The van der Waals surface area contributed by atoms with Crippen molar-refractivity contribution in [2.75, 3.05) is 11.1 Å². The third kappa shape index (κ3) is 2.28. The van der Waals surface area contributed by atoms with Crippen LogP contribution >= 0.6 is 11.5 Å². The van der Waals surface area contributed by atoms with E-state index in [1.807, 2.05) is 0 Å². The molecule has 94 valence electrons. The van der Waals surface area contributed by atoms with Gasteiger partial charge in [-0.15, -0.1) is 5.10 Å². The summed E-state index contributed by atoms with van der Waals surface area (Å²) in [5.41, 5.74) is 5.43. The van der Waals surface area contributed by atoms with Crippen molar-refractivity contribution in [3.8, 4) is 0 Å². The van der Waals surface area contributed by atoms with Gasteiger partial charge in [-0.25, -0.2) is 8.78 Å². The molecule has 1 aromatic heterocycles. The minimum Gasteiger partial charge on any atom is -0.397 e. The Labute approximate surface area is 105 Å². The number of nitrogens with one attached hydrogen (secondary N) is 1. The number of nitrogens with zero attached hydrogens (tertiary/aromatic N) is 2. The van der Waals surface area contributed by atoms with Gasteiger partial charge in [-0.1, -0.05) is 4.49 Å². The van der Waals surface area contributed by atoms with Crippen LogP contribution in [0.4, 0.5) is 20.2 Å². The highest BCUT2D eigenvalue weighted by atomic mass is 32.1. The summed E-state index contributed by atoms with van der Waals surface area (Å²) in [6, 6.07) is 1.57. The molecule has 2 aromatic rings. The lowest BCUT2D eigenvalue weighted by molar-refractivity contribution is 0.102. The van der Waals surface area contributed by atoms with Crippen molar-refractivity contribution in [2.24, 2.45) is 0 Å². The monoisotopic (exact) mass is 270 g/mol. The van der Waals surface area contributed by atoms with Crippen LogP contribution in [-0.4, -0.2) is 15.5 Å². The molecule has 1 heterocycles. The highest BCUT2D eigenvalue weighted by Gasteiger charge is 2.17. The predicted octanol–water partition coefficient (Wildman–Crippen LogP) is 1.96. The number of nitrogen functional groups attached to an aromatic ring is 1. The lowest BCUT2D eigenvalue weighted by Gasteiger charge is -2.08. The van der Waals surface area contributed by atoms with E-state index in [2.05, 4.69) is 14.9 Å². The number of benzene rings is 1. The Kier molecular flexibility index (Phi) is 3.19. The molecule has 0 unspecified atom stereocenters. The molecular formula is C10H8F2N4OS. The SMILES string of the molecule is Cc1nnsc1C(=O)Nc1c(N)cc(F)cc1F. The zero-order chi connectivity index (χ0) is 13.3. The second-order valence-corrected chi connectivity index (χ2v) is 4.25. The number of halogens is 2. The zero-order valence-electron chi connectivity index (χ0n) is 9.20. The summed E-state index contributed by atoms with van der Waals surface area (Å²) in [6.45, 7) is 1.60. The topological polar surface area (TPSA) is 80.9 Å². The van der Waals surface area contributed by atoms with E-state index >= 15 is 0 Å². The number of carbonyl (C=O) groups excluding carboxylic acids is 1. The van der Waals surface area contributed by atoms with Crippen LogP contribution in [0.5, 0.6) is 0 Å². The van der Waals surface area contributed by atoms with Crippen LogP contribution in [0.1, 0.15) is 15.4 Å². The molecule has 0 saturated heterocycles. The second-order valence-electron chi connectivity index (χ2n) is 3.49. The zero-order valence-corrected chi connectivity index (χ0v) is 10.0. The minimum absolute atomic E-state index is 0.184. The third-order valence-corrected chi connectivity index (χ3v) is 3.01. The highest BCUT2D eigenvalue weighted by molar-refractivity contribution is 7.08. The minimum atomic E-state index is -0.934. The number of aryl methyl sites for hydroxylation is 1. The number of anilines is 2. The predicted molar refractivity (Wildman–Crippen MR) is 63.4 cm³/mol. The van der Waals surface area contributed by atoms with E-state index < -0.39 is 17.5 Å². The molecule has 0 spiro atoms. The lowest BCUT2D eigenvalue weighted by Crippen LogP contribution is -2.14. The van der Waals surface area contributed by atoms with E-state index in [0.717, 1.165) is 17.6 Å². The number of carbonyl (C=O) groups is 1. The van der Waals surface area contributed by atoms with Crippen LogP contribution in [0.15, 0.2) is 12.1 Å².